The Kier molecular flexibility index (Phi) is 5.14. The fraction of sp³-hybridized carbons (Fsp3) is 0.857. The van der Waals surface area contributed by atoms with Crippen LogP contribution in [0.1, 0.15) is 13.8 Å². The first-order valence-corrected chi connectivity index (χ1v) is 5.70. The Hall–Kier alpha value is -0.0400. The van der Waals surface area contributed by atoms with Crippen molar-refractivity contribution in [3.63, 3.8) is 0 Å². The van der Waals surface area contributed by atoms with Crippen molar-refractivity contribution < 1.29 is 23.1 Å². The van der Waals surface area contributed by atoms with E-state index in [1.165, 1.54) is 13.8 Å². The van der Waals surface area contributed by atoms with E-state index in [0.29, 0.717) is 0 Å². The van der Waals surface area contributed by atoms with Gasteiger partial charge in [0.25, 0.3) is 0 Å². The van der Waals surface area contributed by atoms with Crippen molar-refractivity contribution in [3.05, 3.63) is 0 Å². The monoisotopic (exact) mass is 248 g/mol. The zero-order valence-electron chi connectivity index (χ0n) is 7.72. The number of rotatable bonds is 5. The molecule has 0 unspecified atom stereocenters. The Morgan fingerprint density at radius 2 is 1.64 bits per heavy atom. The summed E-state index contributed by atoms with van der Waals surface area (Å²) >= 11 is 0.879. The van der Waals surface area contributed by atoms with Crippen LogP contribution in [0.4, 0.5) is 13.2 Å². The van der Waals surface area contributed by atoms with Crippen LogP contribution in [0.2, 0.25) is 0 Å². The topological polar surface area (TPSA) is 37.3 Å². The lowest BCUT2D eigenvalue weighted by Gasteiger charge is -2.18. The van der Waals surface area contributed by atoms with Crippen molar-refractivity contribution in [3.8, 4) is 0 Å². The lowest BCUT2D eigenvalue weighted by Crippen LogP contribution is -2.27. The number of halogens is 3. The summed E-state index contributed by atoms with van der Waals surface area (Å²) in [5.41, 5.74) is -4.23. The first kappa shape index (κ1) is 14.0. The summed E-state index contributed by atoms with van der Waals surface area (Å²) in [6.45, 7) is 2.94. The molecule has 0 radical (unpaired) electrons. The third kappa shape index (κ3) is 6.42. The summed E-state index contributed by atoms with van der Waals surface area (Å²) in [4.78, 5) is 10.6. The number of carboxylic acids is 1. The van der Waals surface area contributed by atoms with Gasteiger partial charge in [0.15, 0.2) is 0 Å². The molecule has 0 aromatic heterocycles. The van der Waals surface area contributed by atoms with E-state index in [-0.39, 0.29) is 23.3 Å². The maximum Gasteiger partial charge on any atom is 0.441 e. The molecule has 0 saturated heterocycles. The first-order valence-electron chi connectivity index (χ1n) is 3.73. The molecule has 84 valence electrons. The van der Waals surface area contributed by atoms with Gasteiger partial charge in [-0.3, -0.25) is 4.79 Å². The van der Waals surface area contributed by atoms with E-state index >= 15 is 0 Å². The molecule has 0 bridgehead atoms. The second-order valence-corrected chi connectivity index (χ2v) is 5.84. The predicted molar refractivity (Wildman–Crippen MR) is 52.7 cm³/mol. The highest BCUT2D eigenvalue weighted by atomic mass is 32.2. The molecule has 0 spiro atoms. The number of carboxylic acid groups (broad SMARTS) is 1. The summed E-state index contributed by atoms with van der Waals surface area (Å²) in [5, 5.41) is 8.65. The van der Waals surface area contributed by atoms with Gasteiger partial charge in [-0.25, -0.2) is 0 Å². The first-order chi connectivity index (χ1) is 6.15. The quantitative estimate of drug-likeness (QED) is 0.759. The third-order valence-electron chi connectivity index (χ3n) is 1.33. The van der Waals surface area contributed by atoms with Crippen LogP contribution in [0.5, 0.6) is 0 Å². The molecule has 0 fully saturated rings. The molecule has 7 heteroatoms. The van der Waals surface area contributed by atoms with Gasteiger partial charge < -0.3 is 5.11 Å². The minimum atomic E-state index is -4.23. The fourth-order valence-corrected chi connectivity index (χ4v) is 2.05. The van der Waals surface area contributed by atoms with Crippen molar-refractivity contribution in [2.45, 2.75) is 24.1 Å². The zero-order chi connectivity index (χ0) is 11.4. The van der Waals surface area contributed by atoms with Crippen LogP contribution in [0.3, 0.4) is 0 Å². The molecule has 0 aliphatic rings. The molecule has 0 aliphatic carbocycles. The predicted octanol–water partition coefficient (Wildman–Crippen LogP) is 2.84. The van der Waals surface area contributed by atoms with Crippen LogP contribution in [0, 0.1) is 0 Å². The fourth-order valence-electron chi connectivity index (χ4n) is 0.516. The van der Waals surface area contributed by atoms with Crippen LogP contribution in [0.25, 0.3) is 0 Å². The lowest BCUT2D eigenvalue weighted by molar-refractivity contribution is -0.138. The van der Waals surface area contributed by atoms with E-state index in [0.717, 1.165) is 11.8 Å². The second kappa shape index (κ2) is 5.16. The number of hydrogen-bond donors (Lipinski definition) is 1. The van der Waals surface area contributed by atoms with Gasteiger partial charge in [-0.2, -0.15) is 13.2 Å². The summed E-state index contributed by atoms with van der Waals surface area (Å²) in [7, 11) is 0. The van der Waals surface area contributed by atoms with E-state index in [1.54, 1.807) is 0 Å². The Balaban J connectivity index is 3.70. The van der Waals surface area contributed by atoms with Gasteiger partial charge in [-0.05, 0) is 13.8 Å². The molecule has 0 aromatic carbocycles. The Labute approximate surface area is 88.6 Å². The van der Waals surface area contributed by atoms with Crippen molar-refractivity contribution in [1.82, 2.24) is 0 Å². The molecule has 0 saturated carbocycles. The van der Waals surface area contributed by atoms with Crippen molar-refractivity contribution >= 4 is 29.5 Å². The maximum absolute atomic E-state index is 11.7. The SMILES string of the molecule is CC(C)(SCCSC(F)(F)F)C(=O)O. The molecule has 1 N–H and O–H groups in total. The molecule has 0 aromatic rings. The Bertz CT molecular complexity index is 204. The van der Waals surface area contributed by atoms with Crippen LogP contribution in [0.15, 0.2) is 0 Å². The minimum Gasteiger partial charge on any atom is -0.480 e. The molecular formula is C7H11F3O2S2. The van der Waals surface area contributed by atoms with Gasteiger partial charge in [0.2, 0.25) is 0 Å². The number of carbonyl (C=O) groups is 1. The average Bonchev–Trinajstić information content (AvgIpc) is 1.96. The largest absolute Gasteiger partial charge is 0.480 e. The molecule has 14 heavy (non-hydrogen) atoms. The highest BCUT2D eigenvalue weighted by molar-refractivity contribution is 8.04. The van der Waals surface area contributed by atoms with E-state index in [4.69, 9.17) is 5.11 Å². The number of alkyl halides is 3. The van der Waals surface area contributed by atoms with Gasteiger partial charge in [0.1, 0.15) is 4.75 Å². The third-order valence-corrected chi connectivity index (χ3v) is 3.63. The number of aliphatic carboxylic acids is 1. The van der Waals surface area contributed by atoms with Gasteiger partial charge in [-0.15, -0.1) is 11.8 Å². The van der Waals surface area contributed by atoms with Gasteiger partial charge in [0, 0.05) is 11.5 Å². The van der Waals surface area contributed by atoms with E-state index < -0.39 is 16.2 Å². The molecule has 0 rings (SSSR count). The van der Waals surface area contributed by atoms with E-state index in [9.17, 15) is 18.0 Å². The van der Waals surface area contributed by atoms with Crippen LogP contribution < -0.4 is 0 Å². The molecule has 0 atom stereocenters. The normalized spacial score (nSPS) is 12.9. The molecule has 0 heterocycles. The maximum atomic E-state index is 11.7. The minimum absolute atomic E-state index is 0.120. The molecule has 0 aliphatic heterocycles. The average molecular weight is 248 g/mol. The highest BCUT2D eigenvalue weighted by Gasteiger charge is 2.30. The zero-order valence-corrected chi connectivity index (χ0v) is 9.35. The smallest absolute Gasteiger partial charge is 0.441 e. The summed E-state index contributed by atoms with van der Waals surface area (Å²) in [6, 6.07) is 0. The van der Waals surface area contributed by atoms with E-state index in [1.807, 2.05) is 0 Å². The highest BCUT2D eigenvalue weighted by Crippen LogP contribution is 2.32. The number of hydrogen-bond acceptors (Lipinski definition) is 3. The van der Waals surface area contributed by atoms with Crippen LogP contribution in [-0.4, -0.2) is 32.8 Å². The molecule has 2 nitrogen and oxygen atoms in total. The summed E-state index contributed by atoms with van der Waals surface area (Å²) < 4.78 is 34.0. The Morgan fingerprint density at radius 3 is 2.00 bits per heavy atom. The van der Waals surface area contributed by atoms with Crippen LogP contribution in [-0.2, 0) is 4.79 Å². The standard InChI is InChI=1S/C7H11F3O2S2/c1-6(2,5(11)12)13-3-4-14-7(8,9)10/h3-4H2,1-2H3,(H,11,12). The van der Waals surface area contributed by atoms with Crippen molar-refractivity contribution in [1.29, 1.82) is 0 Å². The summed E-state index contributed by atoms with van der Waals surface area (Å²) in [6.07, 6.45) is 0. The van der Waals surface area contributed by atoms with E-state index in [2.05, 4.69) is 0 Å². The van der Waals surface area contributed by atoms with Gasteiger partial charge in [0.05, 0.1) is 0 Å². The summed E-state index contributed by atoms with van der Waals surface area (Å²) in [5.74, 6) is -0.964. The molecule has 0 amide bonds. The lowest BCUT2D eigenvalue weighted by atomic mass is 10.2. The van der Waals surface area contributed by atoms with Gasteiger partial charge in [-0.1, -0.05) is 11.8 Å². The van der Waals surface area contributed by atoms with Crippen molar-refractivity contribution in [2.24, 2.45) is 0 Å². The van der Waals surface area contributed by atoms with Gasteiger partial charge >= 0.3 is 11.5 Å². The second-order valence-electron chi connectivity index (χ2n) is 2.96. The Morgan fingerprint density at radius 1 is 1.21 bits per heavy atom. The van der Waals surface area contributed by atoms with Crippen molar-refractivity contribution in [2.75, 3.05) is 11.5 Å². The number of thioether (sulfide) groups is 2. The molecular weight excluding hydrogens is 237 g/mol. The van der Waals surface area contributed by atoms with Crippen LogP contribution >= 0.6 is 23.5 Å².